The number of alkyl carbamates (subject to hydrolysis) is 1. The Balaban J connectivity index is 1.41. The molecule has 170 valence electrons. The Labute approximate surface area is 196 Å². The van der Waals surface area contributed by atoms with Gasteiger partial charge in [-0.15, -0.1) is 0 Å². The molecule has 7 nitrogen and oxygen atoms in total. The summed E-state index contributed by atoms with van der Waals surface area (Å²) in [7, 11) is 0. The van der Waals surface area contributed by atoms with Crippen LogP contribution in [0, 0.1) is 5.41 Å². The SMILES string of the molecule is N=C(N)c1cc(CNC(=O)OCc2ccccc2)ccc1C(=O)Oc1ccc2ccccc2c1. The number of hydrogen-bond acceptors (Lipinski definition) is 5. The minimum atomic E-state index is -0.623. The molecule has 0 aliphatic rings. The topological polar surface area (TPSA) is 115 Å². The molecule has 4 rings (SSSR count). The molecule has 34 heavy (non-hydrogen) atoms. The first-order valence-corrected chi connectivity index (χ1v) is 10.6. The standard InChI is InChI=1S/C27H23N3O4/c28-25(29)24-14-19(16-30-27(32)33-17-18-6-2-1-3-7-18)10-13-23(24)26(31)34-22-12-11-20-8-4-5-9-21(20)15-22/h1-15H,16-17H2,(H3,28,29)(H,30,32). The molecule has 0 bridgehead atoms. The number of amidine groups is 1. The summed E-state index contributed by atoms with van der Waals surface area (Å²) in [5.74, 6) is -0.508. The number of amides is 1. The third-order valence-electron chi connectivity index (χ3n) is 5.18. The van der Waals surface area contributed by atoms with Crippen LogP contribution < -0.4 is 15.8 Å². The first-order valence-electron chi connectivity index (χ1n) is 10.6. The summed E-state index contributed by atoms with van der Waals surface area (Å²) in [5.41, 5.74) is 7.65. The molecule has 0 aliphatic heterocycles. The van der Waals surface area contributed by atoms with E-state index in [2.05, 4.69) is 5.32 Å². The third-order valence-corrected chi connectivity index (χ3v) is 5.18. The summed E-state index contributed by atoms with van der Waals surface area (Å²) in [6, 6.07) is 27.2. The quantitative estimate of drug-likeness (QED) is 0.161. The average Bonchev–Trinajstić information content (AvgIpc) is 2.86. The van der Waals surface area contributed by atoms with Crippen LogP contribution in [0.1, 0.15) is 27.0 Å². The first kappa shape index (κ1) is 22.5. The summed E-state index contributed by atoms with van der Waals surface area (Å²) in [4.78, 5) is 24.8. The van der Waals surface area contributed by atoms with Crippen molar-refractivity contribution in [2.24, 2.45) is 5.73 Å². The van der Waals surface area contributed by atoms with Gasteiger partial charge in [0.1, 0.15) is 18.2 Å². The zero-order valence-electron chi connectivity index (χ0n) is 18.3. The van der Waals surface area contributed by atoms with Crippen molar-refractivity contribution < 1.29 is 19.1 Å². The normalized spacial score (nSPS) is 10.5. The number of carbonyl (C=O) groups excluding carboxylic acids is 2. The highest BCUT2D eigenvalue weighted by molar-refractivity contribution is 6.06. The van der Waals surface area contributed by atoms with Crippen LogP contribution in [0.4, 0.5) is 4.79 Å². The zero-order chi connectivity index (χ0) is 23.9. The van der Waals surface area contributed by atoms with Gasteiger partial charge in [-0.1, -0.05) is 66.7 Å². The van der Waals surface area contributed by atoms with Crippen LogP contribution in [-0.4, -0.2) is 17.9 Å². The lowest BCUT2D eigenvalue weighted by Crippen LogP contribution is -2.24. The molecule has 0 saturated carbocycles. The molecule has 0 atom stereocenters. The highest BCUT2D eigenvalue weighted by Gasteiger charge is 2.17. The second-order valence-corrected chi connectivity index (χ2v) is 7.61. The molecule has 0 fully saturated rings. The van der Waals surface area contributed by atoms with E-state index in [9.17, 15) is 9.59 Å². The van der Waals surface area contributed by atoms with Crippen molar-refractivity contribution in [3.8, 4) is 5.75 Å². The van der Waals surface area contributed by atoms with E-state index >= 15 is 0 Å². The molecule has 1 amide bonds. The fraction of sp³-hybridized carbons (Fsp3) is 0.0741. The number of nitrogen functional groups attached to an aromatic ring is 1. The van der Waals surface area contributed by atoms with Crippen molar-refractivity contribution in [3.05, 3.63) is 113 Å². The average molecular weight is 453 g/mol. The lowest BCUT2D eigenvalue weighted by Gasteiger charge is -2.12. The predicted octanol–water partition coefficient (Wildman–Crippen LogP) is 4.77. The summed E-state index contributed by atoms with van der Waals surface area (Å²) in [6.45, 7) is 0.304. The lowest BCUT2D eigenvalue weighted by molar-refractivity contribution is 0.0734. The molecule has 4 aromatic rings. The van der Waals surface area contributed by atoms with Crippen LogP contribution >= 0.6 is 0 Å². The minimum Gasteiger partial charge on any atom is -0.445 e. The Morgan fingerprint density at radius 3 is 2.29 bits per heavy atom. The largest absolute Gasteiger partial charge is 0.445 e. The number of ether oxygens (including phenoxy) is 2. The van der Waals surface area contributed by atoms with Crippen LogP contribution in [0.5, 0.6) is 5.75 Å². The van der Waals surface area contributed by atoms with E-state index in [4.69, 9.17) is 20.6 Å². The molecule has 4 aromatic carbocycles. The molecule has 0 aromatic heterocycles. The summed E-state index contributed by atoms with van der Waals surface area (Å²) < 4.78 is 10.7. The number of fused-ring (bicyclic) bond motifs is 1. The monoisotopic (exact) mass is 453 g/mol. The van der Waals surface area contributed by atoms with Gasteiger partial charge in [-0.25, -0.2) is 9.59 Å². The lowest BCUT2D eigenvalue weighted by atomic mass is 10.0. The Morgan fingerprint density at radius 2 is 1.53 bits per heavy atom. The van der Waals surface area contributed by atoms with Crippen molar-refractivity contribution in [2.75, 3.05) is 0 Å². The van der Waals surface area contributed by atoms with E-state index in [1.165, 1.54) is 6.07 Å². The number of nitrogens with two attached hydrogens (primary N) is 1. The van der Waals surface area contributed by atoms with Crippen LogP contribution in [0.2, 0.25) is 0 Å². The fourth-order valence-corrected chi connectivity index (χ4v) is 3.44. The van der Waals surface area contributed by atoms with Crippen molar-refractivity contribution >= 4 is 28.7 Å². The molecule has 0 radical (unpaired) electrons. The maximum absolute atomic E-state index is 12.8. The minimum absolute atomic E-state index is 0.147. The van der Waals surface area contributed by atoms with Gasteiger partial charge in [0.25, 0.3) is 0 Å². The van der Waals surface area contributed by atoms with E-state index in [1.54, 1.807) is 24.3 Å². The van der Waals surface area contributed by atoms with Gasteiger partial charge in [0.2, 0.25) is 0 Å². The summed E-state index contributed by atoms with van der Waals surface area (Å²) in [5, 5.41) is 12.5. The molecular weight excluding hydrogens is 430 g/mol. The van der Waals surface area contributed by atoms with Gasteiger partial charge in [0.05, 0.1) is 5.56 Å². The maximum atomic E-state index is 12.8. The molecule has 4 N–H and O–H groups in total. The first-order chi connectivity index (χ1) is 16.5. The molecule has 0 heterocycles. The molecule has 0 aliphatic carbocycles. The van der Waals surface area contributed by atoms with Crippen molar-refractivity contribution in [3.63, 3.8) is 0 Å². The molecular formula is C27H23N3O4. The number of carbonyl (C=O) groups is 2. The Morgan fingerprint density at radius 1 is 0.794 bits per heavy atom. The van der Waals surface area contributed by atoms with Gasteiger partial charge in [0.15, 0.2) is 0 Å². The van der Waals surface area contributed by atoms with Gasteiger partial charge in [-0.3, -0.25) is 5.41 Å². The molecule has 0 saturated heterocycles. The molecule has 7 heteroatoms. The highest BCUT2D eigenvalue weighted by atomic mass is 16.5. The van der Waals surface area contributed by atoms with Gasteiger partial charge in [-0.2, -0.15) is 0 Å². The molecule has 0 unspecified atom stereocenters. The smallest absolute Gasteiger partial charge is 0.407 e. The van der Waals surface area contributed by atoms with Crippen molar-refractivity contribution in [1.29, 1.82) is 5.41 Å². The van der Waals surface area contributed by atoms with Crippen LogP contribution in [0.15, 0.2) is 91.0 Å². The van der Waals surface area contributed by atoms with Crippen LogP contribution in [0.3, 0.4) is 0 Å². The Hall–Kier alpha value is -4.65. The number of esters is 1. The second kappa shape index (κ2) is 10.3. The van der Waals surface area contributed by atoms with E-state index < -0.39 is 12.1 Å². The third kappa shape index (κ3) is 5.58. The number of rotatable bonds is 7. The predicted molar refractivity (Wildman–Crippen MR) is 130 cm³/mol. The van der Waals surface area contributed by atoms with Gasteiger partial charge < -0.3 is 20.5 Å². The number of benzene rings is 4. The van der Waals surface area contributed by atoms with Gasteiger partial charge >= 0.3 is 12.1 Å². The zero-order valence-corrected chi connectivity index (χ0v) is 18.3. The fourth-order valence-electron chi connectivity index (χ4n) is 3.44. The van der Waals surface area contributed by atoms with Crippen molar-refractivity contribution in [2.45, 2.75) is 13.2 Å². The van der Waals surface area contributed by atoms with E-state index in [1.807, 2.05) is 60.7 Å². The summed E-state index contributed by atoms with van der Waals surface area (Å²) >= 11 is 0. The van der Waals surface area contributed by atoms with Crippen molar-refractivity contribution in [1.82, 2.24) is 5.32 Å². The van der Waals surface area contributed by atoms with E-state index in [0.717, 1.165) is 16.3 Å². The van der Waals surface area contributed by atoms with E-state index in [0.29, 0.717) is 11.3 Å². The van der Waals surface area contributed by atoms with Gasteiger partial charge in [0, 0.05) is 12.1 Å². The van der Waals surface area contributed by atoms with Crippen LogP contribution in [0.25, 0.3) is 10.8 Å². The highest BCUT2D eigenvalue weighted by Crippen LogP contribution is 2.22. The second-order valence-electron chi connectivity index (χ2n) is 7.61. The van der Waals surface area contributed by atoms with E-state index in [-0.39, 0.29) is 30.1 Å². The Bertz CT molecular complexity index is 1350. The maximum Gasteiger partial charge on any atom is 0.407 e. The molecule has 0 spiro atoms. The number of nitrogens with one attached hydrogen (secondary N) is 2. The van der Waals surface area contributed by atoms with Crippen LogP contribution in [-0.2, 0) is 17.9 Å². The number of hydrogen-bond donors (Lipinski definition) is 3. The summed E-state index contributed by atoms with van der Waals surface area (Å²) in [6.07, 6.45) is -0.576. The van der Waals surface area contributed by atoms with Gasteiger partial charge in [-0.05, 0) is 46.2 Å². The Kier molecular flexibility index (Phi) is 6.84.